The van der Waals surface area contributed by atoms with Gasteiger partial charge in [-0.25, -0.2) is 4.72 Å². The summed E-state index contributed by atoms with van der Waals surface area (Å²) in [4.78, 5) is 14.4. The fourth-order valence-electron chi connectivity index (χ4n) is 4.63. The number of aliphatic carboxylic acids is 1. The van der Waals surface area contributed by atoms with Gasteiger partial charge in [0.25, 0.3) is 10.2 Å². The van der Waals surface area contributed by atoms with E-state index in [0.717, 1.165) is 31.2 Å². The van der Waals surface area contributed by atoms with Gasteiger partial charge in [-0.1, -0.05) is 32.8 Å². The maximum absolute atomic E-state index is 12.5. The van der Waals surface area contributed by atoms with Crippen molar-refractivity contribution in [1.29, 1.82) is 0 Å². The predicted octanol–water partition coefficient (Wildman–Crippen LogP) is 2.25. The Bertz CT molecular complexity index is 894. The smallest absolute Gasteiger partial charge is 0.308 e. The molecule has 0 aromatic heterocycles. The monoisotopic (exact) mass is 469 g/mol. The highest BCUT2D eigenvalue weighted by Gasteiger charge is 2.46. The molecule has 32 heavy (non-hydrogen) atoms. The molecule has 1 saturated heterocycles. The highest BCUT2D eigenvalue weighted by Crippen LogP contribution is 2.42. The third kappa shape index (κ3) is 5.54. The zero-order chi connectivity index (χ0) is 23.3. The van der Waals surface area contributed by atoms with E-state index in [1.54, 1.807) is 7.05 Å². The van der Waals surface area contributed by atoms with Crippen molar-refractivity contribution < 1.29 is 27.8 Å². The Hall–Kier alpha value is -1.88. The molecule has 0 spiro atoms. The van der Waals surface area contributed by atoms with Crippen molar-refractivity contribution in [1.82, 2.24) is 13.9 Å². The second-order valence-corrected chi connectivity index (χ2v) is 10.4. The molecule has 1 fully saturated rings. The van der Waals surface area contributed by atoms with Crippen LogP contribution in [0.1, 0.15) is 51.0 Å². The van der Waals surface area contributed by atoms with Crippen molar-refractivity contribution in [2.75, 3.05) is 40.0 Å². The van der Waals surface area contributed by atoms with E-state index >= 15 is 0 Å². The Kier molecular flexibility index (Phi) is 8.37. The van der Waals surface area contributed by atoms with Crippen molar-refractivity contribution in [3.05, 3.63) is 23.8 Å². The number of nitrogens with one attached hydrogen (secondary N) is 1. The minimum absolute atomic E-state index is 0.157. The van der Waals surface area contributed by atoms with Gasteiger partial charge in [0.15, 0.2) is 11.5 Å². The first-order valence-corrected chi connectivity index (χ1v) is 12.8. The Morgan fingerprint density at radius 2 is 2.00 bits per heavy atom. The molecule has 10 heteroatoms. The molecular formula is C22H35N3O6S. The van der Waals surface area contributed by atoms with E-state index in [0.29, 0.717) is 31.1 Å². The third-order valence-electron chi connectivity index (χ3n) is 6.36. The van der Waals surface area contributed by atoms with Gasteiger partial charge < -0.3 is 14.6 Å². The third-order valence-corrected chi connectivity index (χ3v) is 7.94. The Morgan fingerprint density at radius 1 is 1.25 bits per heavy atom. The SMILES string of the molecule is CCCCN(C)S(=O)(=O)NCCN1CC(c2ccc3c(c2)OCO3)C(C(=O)O)C1CCC. The summed E-state index contributed by atoms with van der Waals surface area (Å²) in [7, 11) is -1.97. The Balaban J connectivity index is 1.72. The minimum Gasteiger partial charge on any atom is -0.481 e. The van der Waals surface area contributed by atoms with Crippen LogP contribution in [-0.2, 0) is 15.0 Å². The van der Waals surface area contributed by atoms with Crippen LogP contribution in [0.15, 0.2) is 18.2 Å². The molecule has 3 unspecified atom stereocenters. The molecule has 1 aromatic carbocycles. The summed E-state index contributed by atoms with van der Waals surface area (Å²) < 4.78 is 39.8. The molecule has 2 N–H and O–H groups in total. The summed E-state index contributed by atoms with van der Waals surface area (Å²) in [5.74, 6) is -0.294. The molecule has 0 aliphatic carbocycles. The molecule has 3 atom stereocenters. The van der Waals surface area contributed by atoms with Crippen LogP contribution in [0.25, 0.3) is 0 Å². The fourth-order valence-corrected chi connectivity index (χ4v) is 5.57. The van der Waals surface area contributed by atoms with Gasteiger partial charge in [-0.05, 0) is 30.5 Å². The zero-order valence-electron chi connectivity index (χ0n) is 19.1. The zero-order valence-corrected chi connectivity index (χ0v) is 19.9. The fraction of sp³-hybridized carbons (Fsp3) is 0.682. The van der Waals surface area contributed by atoms with E-state index in [1.807, 2.05) is 32.0 Å². The second-order valence-electron chi connectivity index (χ2n) is 8.51. The molecule has 0 saturated carbocycles. The summed E-state index contributed by atoms with van der Waals surface area (Å²) in [5.41, 5.74) is 0.908. The number of ether oxygens (including phenoxy) is 2. The number of carboxylic acid groups (broad SMARTS) is 1. The molecule has 0 amide bonds. The largest absolute Gasteiger partial charge is 0.481 e. The van der Waals surface area contributed by atoms with Gasteiger partial charge >= 0.3 is 5.97 Å². The van der Waals surface area contributed by atoms with Gasteiger partial charge in [0.2, 0.25) is 6.79 Å². The van der Waals surface area contributed by atoms with Crippen LogP contribution in [0.5, 0.6) is 11.5 Å². The molecule has 0 bridgehead atoms. The number of unbranched alkanes of at least 4 members (excludes halogenated alkanes) is 1. The topological polar surface area (TPSA) is 108 Å². The molecule has 9 nitrogen and oxygen atoms in total. The second kappa shape index (κ2) is 10.8. The molecule has 2 aliphatic heterocycles. The standard InChI is InChI=1S/C22H35N3O6S/c1-4-6-11-24(3)32(28,29)23-10-12-25-14-17(21(22(26)27)18(25)7-5-2)16-8-9-19-20(13-16)31-15-30-19/h8-9,13,17-18,21,23H,4-7,10-12,14-15H2,1-3H3,(H,26,27). The number of carboxylic acids is 1. The molecule has 3 rings (SSSR count). The van der Waals surface area contributed by atoms with E-state index in [2.05, 4.69) is 9.62 Å². The Labute approximate surface area is 190 Å². The number of hydrogen-bond acceptors (Lipinski definition) is 6. The van der Waals surface area contributed by atoms with E-state index in [-0.39, 0.29) is 25.3 Å². The maximum Gasteiger partial charge on any atom is 0.308 e. The van der Waals surface area contributed by atoms with E-state index in [1.165, 1.54) is 4.31 Å². The number of nitrogens with zero attached hydrogens (tertiary/aromatic N) is 2. The van der Waals surface area contributed by atoms with Gasteiger partial charge in [0.1, 0.15) is 0 Å². The first-order chi connectivity index (χ1) is 15.3. The first kappa shape index (κ1) is 24.8. The van der Waals surface area contributed by atoms with Gasteiger partial charge in [0, 0.05) is 45.2 Å². The number of benzene rings is 1. The van der Waals surface area contributed by atoms with Crippen LogP contribution in [0.3, 0.4) is 0 Å². The lowest BCUT2D eigenvalue weighted by Crippen LogP contribution is -2.44. The summed E-state index contributed by atoms with van der Waals surface area (Å²) in [6.07, 6.45) is 3.31. The summed E-state index contributed by atoms with van der Waals surface area (Å²) >= 11 is 0. The van der Waals surface area contributed by atoms with Crippen molar-refractivity contribution >= 4 is 16.2 Å². The first-order valence-electron chi connectivity index (χ1n) is 11.4. The van der Waals surface area contributed by atoms with Gasteiger partial charge in [0.05, 0.1) is 5.92 Å². The lowest BCUT2D eigenvalue weighted by atomic mass is 9.84. The number of carbonyl (C=O) groups is 1. The maximum atomic E-state index is 12.5. The lowest BCUT2D eigenvalue weighted by Gasteiger charge is -2.27. The quantitative estimate of drug-likeness (QED) is 0.483. The predicted molar refractivity (Wildman–Crippen MR) is 121 cm³/mol. The highest BCUT2D eigenvalue weighted by atomic mass is 32.2. The average molecular weight is 470 g/mol. The van der Waals surface area contributed by atoms with Crippen LogP contribution in [0.4, 0.5) is 0 Å². The lowest BCUT2D eigenvalue weighted by molar-refractivity contribution is -0.143. The van der Waals surface area contributed by atoms with Gasteiger partial charge in [-0.15, -0.1) is 0 Å². The van der Waals surface area contributed by atoms with Crippen molar-refractivity contribution in [3.63, 3.8) is 0 Å². The number of rotatable bonds is 12. The molecule has 1 aromatic rings. The number of hydrogen-bond donors (Lipinski definition) is 2. The van der Waals surface area contributed by atoms with Gasteiger partial charge in [-0.3, -0.25) is 9.69 Å². The molecular weight excluding hydrogens is 434 g/mol. The number of fused-ring (bicyclic) bond motifs is 1. The normalized spacial score (nSPS) is 23.2. The highest BCUT2D eigenvalue weighted by molar-refractivity contribution is 7.87. The van der Waals surface area contributed by atoms with E-state index in [9.17, 15) is 18.3 Å². The van der Waals surface area contributed by atoms with E-state index in [4.69, 9.17) is 9.47 Å². The molecule has 180 valence electrons. The van der Waals surface area contributed by atoms with Crippen LogP contribution in [-0.4, -0.2) is 74.8 Å². The van der Waals surface area contributed by atoms with Crippen LogP contribution < -0.4 is 14.2 Å². The van der Waals surface area contributed by atoms with Crippen molar-refractivity contribution in [3.8, 4) is 11.5 Å². The van der Waals surface area contributed by atoms with Crippen LogP contribution >= 0.6 is 0 Å². The van der Waals surface area contributed by atoms with Gasteiger partial charge in [-0.2, -0.15) is 12.7 Å². The van der Waals surface area contributed by atoms with Crippen molar-refractivity contribution in [2.24, 2.45) is 5.92 Å². The van der Waals surface area contributed by atoms with Crippen molar-refractivity contribution in [2.45, 2.75) is 51.5 Å². The summed E-state index contributed by atoms with van der Waals surface area (Å²) in [6.45, 7) is 5.94. The van der Waals surface area contributed by atoms with Crippen LogP contribution in [0.2, 0.25) is 0 Å². The minimum atomic E-state index is -3.55. The summed E-state index contributed by atoms with van der Waals surface area (Å²) in [6, 6.07) is 5.46. The average Bonchev–Trinajstić information content (AvgIpc) is 3.36. The molecule has 2 aliphatic rings. The van der Waals surface area contributed by atoms with Crippen LogP contribution in [0, 0.1) is 5.92 Å². The summed E-state index contributed by atoms with van der Waals surface area (Å²) in [5, 5.41) is 10.1. The molecule has 0 radical (unpaired) electrons. The Morgan fingerprint density at radius 3 is 2.69 bits per heavy atom. The number of likely N-dealkylation sites (tertiary alicyclic amines) is 1. The van der Waals surface area contributed by atoms with E-state index < -0.39 is 22.1 Å². The molecule has 2 heterocycles.